The lowest BCUT2D eigenvalue weighted by atomic mass is 10.1. The first-order valence-electron chi connectivity index (χ1n) is 7.02. The van der Waals surface area contributed by atoms with Crippen molar-refractivity contribution in [3.05, 3.63) is 40.9 Å². The van der Waals surface area contributed by atoms with Gasteiger partial charge in [0.25, 0.3) is 0 Å². The second kappa shape index (κ2) is 9.77. The van der Waals surface area contributed by atoms with E-state index in [2.05, 4.69) is 45.1 Å². The van der Waals surface area contributed by atoms with Crippen LogP contribution >= 0.6 is 28.3 Å². The Morgan fingerprint density at radius 3 is 2.32 bits per heavy atom. The molecular weight excluding hydrogens is 366 g/mol. The molecule has 0 aliphatic carbocycles. The van der Waals surface area contributed by atoms with Gasteiger partial charge in [0.05, 0.1) is 12.3 Å². The number of hydrogen-bond donors (Lipinski definition) is 0. The van der Waals surface area contributed by atoms with Crippen molar-refractivity contribution in [2.75, 3.05) is 27.2 Å². The Bertz CT molecular complexity index is 546. The number of ether oxygens (including phenoxy) is 1. The standard InChI is InChI=1S/C16H20BrN3O.ClH/c1-20(2)11-3-4-12-21-16-10-9-15(18-19-16)13-5-7-14(17)8-6-13;/h5-10H,3-4,11-12H2,1-2H3;1H. The van der Waals surface area contributed by atoms with Crippen LogP contribution in [-0.4, -0.2) is 42.3 Å². The number of nitrogens with zero attached hydrogens (tertiary/aromatic N) is 3. The van der Waals surface area contributed by atoms with Crippen molar-refractivity contribution < 1.29 is 4.74 Å². The lowest BCUT2D eigenvalue weighted by Gasteiger charge is -2.09. The molecule has 0 bridgehead atoms. The third kappa shape index (κ3) is 6.30. The monoisotopic (exact) mass is 385 g/mol. The molecule has 120 valence electrons. The largest absolute Gasteiger partial charge is 0.477 e. The highest BCUT2D eigenvalue weighted by atomic mass is 79.9. The molecule has 0 N–H and O–H groups in total. The zero-order valence-corrected chi connectivity index (χ0v) is 15.2. The van der Waals surface area contributed by atoms with Gasteiger partial charge in [-0.05, 0) is 51.7 Å². The summed E-state index contributed by atoms with van der Waals surface area (Å²) in [5, 5.41) is 8.32. The van der Waals surface area contributed by atoms with Crippen LogP contribution in [0.15, 0.2) is 40.9 Å². The maximum absolute atomic E-state index is 5.60. The third-order valence-electron chi connectivity index (χ3n) is 3.03. The molecule has 0 saturated heterocycles. The smallest absolute Gasteiger partial charge is 0.233 e. The molecule has 1 aromatic carbocycles. The van der Waals surface area contributed by atoms with Crippen LogP contribution in [0.5, 0.6) is 5.88 Å². The summed E-state index contributed by atoms with van der Waals surface area (Å²) in [4.78, 5) is 2.17. The summed E-state index contributed by atoms with van der Waals surface area (Å²) in [5.74, 6) is 0.584. The van der Waals surface area contributed by atoms with Gasteiger partial charge in [0, 0.05) is 16.1 Å². The van der Waals surface area contributed by atoms with Crippen molar-refractivity contribution in [1.82, 2.24) is 15.1 Å². The molecule has 1 heterocycles. The molecule has 1 aromatic heterocycles. The highest BCUT2D eigenvalue weighted by molar-refractivity contribution is 9.10. The van der Waals surface area contributed by atoms with Gasteiger partial charge in [-0.2, -0.15) is 0 Å². The van der Waals surface area contributed by atoms with Gasteiger partial charge in [0.15, 0.2) is 0 Å². The van der Waals surface area contributed by atoms with Crippen molar-refractivity contribution in [2.24, 2.45) is 0 Å². The van der Waals surface area contributed by atoms with Crippen LogP contribution in [0, 0.1) is 0 Å². The summed E-state index contributed by atoms with van der Waals surface area (Å²) in [6, 6.07) is 11.8. The van der Waals surface area contributed by atoms with Gasteiger partial charge in [-0.15, -0.1) is 22.6 Å². The lowest BCUT2D eigenvalue weighted by Crippen LogP contribution is -2.13. The van der Waals surface area contributed by atoms with Gasteiger partial charge in [-0.1, -0.05) is 28.1 Å². The summed E-state index contributed by atoms with van der Waals surface area (Å²) in [6.45, 7) is 1.76. The maximum atomic E-state index is 5.60. The Labute approximate surface area is 146 Å². The van der Waals surface area contributed by atoms with Crippen LogP contribution < -0.4 is 4.74 Å². The topological polar surface area (TPSA) is 38.2 Å². The maximum Gasteiger partial charge on any atom is 0.233 e. The molecule has 2 rings (SSSR count). The fourth-order valence-electron chi connectivity index (χ4n) is 1.88. The molecule has 0 fully saturated rings. The van der Waals surface area contributed by atoms with Gasteiger partial charge >= 0.3 is 0 Å². The minimum absolute atomic E-state index is 0. The molecule has 0 unspecified atom stereocenters. The first-order valence-corrected chi connectivity index (χ1v) is 7.81. The van der Waals surface area contributed by atoms with E-state index in [0.717, 1.165) is 35.1 Å². The van der Waals surface area contributed by atoms with Crippen molar-refractivity contribution in [3.63, 3.8) is 0 Å². The number of hydrogen-bond acceptors (Lipinski definition) is 4. The van der Waals surface area contributed by atoms with Gasteiger partial charge in [0.1, 0.15) is 0 Å². The summed E-state index contributed by atoms with van der Waals surface area (Å²) in [6.07, 6.45) is 2.14. The van der Waals surface area contributed by atoms with Crippen LogP contribution in [0.3, 0.4) is 0 Å². The number of benzene rings is 1. The van der Waals surface area contributed by atoms with Crippen LogP contribution in [0.25, 0.3) is 11.3 Å². The molecule has 0 aliphatic heterocycles. The Morgan fingerprint density at radius 1 is 1.00 bits per heavy atom. The number of unbranched alkanes of at least 4 members (excludes halogenated alkanes) is 1. The van der Waals surface area contributed by atoms with Gasteiger partial charge < -0.3 is 9.64 Å². The fraction of sp³-hybridized carbons (Fsp3) is 0.375. The number of aromatic nitrogens is 2. The van der Waals surface area contributed by atoms with Gasteiger partial charge in [-0.25, -0.2) is 0 Å². The highest BCUT2D eigenvalue weighted by Gasteiger charge is 2.02. The zero-order chi connectivity index (χ0) is 15.1. The quantitative estimate of drug-likeness (QED) is 0.673. The van der Waals surface area contributed by atoms with E-state index in [-0.39, 0.29) is 12.4 Å². The van der Waals surface area contributed by atoms with E-state index in [0.29, 0.717) is 12.5 Å². The molecule has 4 nitrogen and oxygen atoms in total. The summed E-state index contributed by atoms with van der Waals surface area (Å²) in [7, 11) is 4.15. The van der Waals surface area contributed by atoms with E-state index in [1.54, 1.807) is 0 Å². The predicted octanol–water partition coefficient (Wildman–Crippen LogP) is 4.05. The lowest BCUT2D eigenvalue weighted by molar-refractivity contribution is 0.281. The summed E-state index contributed by atoms with van der Waals surface area (Å²) in [5.41, 5.74) is 1.89. The average molecular weight is 387 g/mol. The molecule has 22 heavy (non-hydrogen) atoms. The molecule has 6 heteroatoms. The summed E-state index contributed by atoms with van der Waals surface area (Å²) < 4.78 is 6.65. The normalized spacial score (nSPS) is 10.4. The molecule has 0 spiro atoms. The molecule has 0 aliphatic rings. The molecule has 2 aromatic rings. The van der Waals surface area contributed by atoms with Crippen molar-refractivity contribution in [1.29, 1.82) is 0 Å². The molecular formula is C16H21BrClN3O. The highest BCUT2D eigenvalue weighted by Crippen LogP contribution is 2.20. The Balaban J connectivity index is 0.00000242. The van der Waals surface area contributed by atoms with Crippen molar-refractivity contribution in [2.45, 2.75) is 12.8 Å². The molecule has 0 saturated carbocycles. The minimum atomic E-state index is 0. The van der Waals surface area contributed by atoms with Crippen LogP contribution in [0.1, 0.15) is 12.8 Å². The Kier molecular flexibility index (Phi) is 8.38. The fourth-order valence-corrected chi connectivity index (χ4v) is 2.14. The van der Waals surface area contributed by atoms with Crippen LogP contribution in [0.2, 0.25) is 0 Å². The molecule has 0 radical (unpaired) electrons. The predicted molar refractivity (Wildman–Crippen MR) is 95.7 cm³/mol. The molecule has 0 amide bonds. The van der Waals surface area contributed by atoms with E-state index in [4.69, 9.17) is 4.74 Å². The number of halogens is 2. The van der Waals surface area contributed by atoms with E-state index < -0.39 is 0 Å². The first kappa shape index (κ1) is 18.9. The second-order valence-electron chi connectivity index (χ2n) is 5.12. The summed E-state index contributed by atoms with van der Waals surface area (Å²) >= 11 is 3.42. The van der Waals surface area contributed by atoms with Crippen LogP contribution in [-0.2, 0) is 0 Å². The Hall–Kier alpha value is -1.17. The minimum Gasteiger partial charge on any atom is -0.477 e. The van der Waals surface area contributed by atoms with E-state index >= 15 is 0 Å². The Morgan fingerprint density at radius 2 is 1.73 bits per heavy atom. The van der Waals surface area contributed by atoms with Crippen molar-refractivity contribution in [3.8, 4) is 17.1 Å². The van der Waals surface area contributed by atoms with E-state index in [1.165, 1.54) is 0 Å². The third-order valence-corrected chi connectivity index (χ3v) is 3.56. The van der Waals surface area contributed by atoms with Crippen molar-refractivity contribution >= 4 is 28.3 Å². The van der Waals surface area contributed by atoms with E-state index in [9.17, 15) is 0 Å². The first-order chi connectivity index (χ1) is 10.1. The van der Waals surface area contributed by atoms with Crippen LogP contribution in [0.4, 0.5) is 0 Å². The molecule has 0 atom stereocenters. The van der Waals surface area contributed by atoms with Gasteiger partial charge in [0.2, 0.25) is 5.88 Å². The second-order valence-corrected chi connectivity index (χ2v) is 6.04. The van der Waals surface area contributed by atoms with E-state index in [1.807, 2.05) is 36.4 Å². The zero-order valence-electron chi connectivity index (χ0n) is 12.8. The van der Waals surface area contributed by atoms with Gasteiger partial charge in [-0.3, -0.25) is 0 Å². The average Bonchev–Trinajstić information content (AvgIpc) is 2.48. The SMILES string of the molecule is CN(C)CCCCOc1ccc(-c2ccc(Br)cc2)nn1.Cl. The number of rotatable bonds is 7.